The summed E-state index contributed by atoms with van der Waals surface area (Å²) >= 11 is 0. The van der Waals surface area contributed by atoms with Gasteiger partial charge in [0.05, 0.1) is 6.61 Å². The summed E-state index contributed by atoms with van der Waals surface area (Å²) in [4.78, 5) is 26.3. The highest BCUT2D eigenvalue weighted by Crippen LogP contribution is 2.29. The van der Waals surface area contributed by atoms with Crippen LogP contribution in [0.5, 0.6) is 0 Å². The lowest BCUT2D eigenvalue weighted by atomic mass is 10.1. The Kier molecular flexibility index (Phi) is 10.9. The molecule has 0 aliphatic carbocycles. The third kappa shape index (κ3) is 7.73. The van der Waals surface area contributed by atoms with Crippen molar-refractivity contribution in [3.8, 4) is 11.8 Å². The number of H-pyrrole nitrogens is 1. The Hall–Kier alpha value is -1.91. The van der Waals surface area contributed by atoms with Gasteiger partial charge in [-0.15, -0.1) is 0 Å². The Bertz CT molecular complexity index is 808. The van der Waals surface area contributed by atoms with Gasteiger partial charge >= 0.3 is 5.69 Å². The van der Waals surface area contributed by atoms with Crippen molar-refractivity contribution in [2.24, 2.45) is 0 Å². The van der Waals surface area contributed by atoms with Crippen molar-refractivity contribution in [1.82, 2.24) is 9.55 Å². The summed E-state index contributed by atoms with van der Waals surface area (Å²) in [6, 6.07) is 0. The summed E-state index contributed by atoms with van der Waals surface area (Å²) in [6.45, 7) is 1.77. The predicted octanol–water partition coefficient (Wildman–Crippen LogP) is 3.82. The van der Waals surface area contributed by atoms with Gasteiger partial charge in [0.25, 0.3) is 5.56 Å². The summed E-state index contributed by atoms with van der Waals surface area (Å²) in [6.07, 6.45) is 11.3. The molecule has 7 heteroatoms. The van der Waals surface area contributed by atoms with Crippen molar-refractivity contribution in [1.29, 1.82) is 0 Å². The second-order valence-electron chi connectivity index (χ2n) is 8.01. The van der Waals surface area contributed by atoms with Crippen molar-refractivity contribution in [3.05, 3.63) is 32.6 Å². The highest BCUT2D eigenvalue weighted by atomic mass is 19.1. The first-order valence-corrected chi connectivity index (χ1v) is 11.3. The van der Waals surface area contributed by atoms with E-state index in [0.717, 1.165) is 17.4 Å². The van der Waals surface area contributed by atoms with Gasteiger partial charge in [-0.3, -0.25) is 14.3 Å². The third-order valence-electron chi connectivity index (χ3n) is 5.50. The van der Waals surface area contributed by atoms with Gasteiger partial charge in [-0.1, -0.05) is 76.6 Å². The van der Waals surface area contributed by atoms with Gasteiger partial charge in [0.1, 0.15) is 24.1 Å². The Balaban J connectivity index is 1.76. The molecule has 0 spiro atoms. The molecule has 30 heavy (non-hydrogen) atoms. The SMILES string of the molecule is CCCCCCCCCCCCC#Cc1cn([C@H]2CC(F)[C@@H](CO)O2)c(=O)[nH]c1=O. The van der Waals surface area contributed by atoms with Crippen LogP contribution in [-0.4, -0.2) is 33.5 Å². The number of nitrogens with one attached hydrogen (secondary N) is 1. The molecular formula is C23H35FN2O4. The van der Waals surface area contributed by atoms with Crippen LogP contribution in [0, 0.1) is 11.8 Å². The van der Waals surface area contributed by atoms with E-state index in [9.17, 15) is 14.0 Å². The van der Waals surface area contributed by atoms with Gasteiger partial charge in [0, 0.05) is 19.0 Å². The van der Waals surface area contributed by atoms with Crippen LogP contribution in [0.2, 0.25) is 0 Å². The van der Waals surface area contributed by atoms with Crippen LogP contribution in [0.3, 0.4) is 0 Å². The topological polar surface area (TPSA) is 84.3 Å². The zero-order valence-corrected chi connectivity index (χ0v) is 18.0. The predicted molar refractivity (Wildman–Crippen MR) is 115 cm³/mol. The molecule has 1 unspecified atom stereocenters. The van der Waals surface area contributed by atoms with Gasteiger partial charge in [-0.25, -0.2) is 9.18 Å². The monoisotopic (exact) mass is 422 g/mol. The molecule has 0 saturated carbocycles. The number of nitrogens with zero attached hydrogens (tertiary/aromatic N) is 1. The fourth-order valence-corrected chi connectivity index (χ4v) is 3.67. The summed E-state index contributed by atoms with van der Waals surface area (Å²) in [5.74, 6) is 5.81. The fraction of sp³-hybridized carbons (Fsp3) is 0.739. The molecule has 1 aliphatic heterocycles. The Morgan fingerprint density at radius 3 is 2.37 bits per heavy atom. The minimum absolute atomic E-state index is 0.0529. The van der Waals surface area contributed by atoms with Crippen molar-refractivity contribution in [2.75, 3.05) is 6.61 Å². The molecule has 0 radical (unpaired) electrons. The van der Waals surface area contributed by atoms with E-state index in [0.29, 0.717) is 6.42 Å². The second kappa shape index (κ2) is 13.4. The quantitative estimate of drug-likeness (QED) is 0.396. The van der Waals surface area contributed by atoms with Crippen molar-refractivity contribution < 1.29 is 14.2 Å². The van der Waals surface area contributed by atoms with Crippen LogP contribution in [-0.2, 0) is 4.74 Å². The summed E-state index contributed by atoms with van der Waals surface area (Å²) in [5, 5.41) is 9.12. The highest BCUT2D eigenvalue weighted by molar-refractivity contribution is 5.29. The number of hydrogen-bond donors (Lipinski definition) is 2. The summed E-state index contributed by atoms with van der Waals surface area (Å²) in [5.41, 5.74) is -1.07. The number of alkyl halides is 1. The van der Waals surface area contributed by atoms with Gasteiger partial charge in [0.2, 0.25) is 0 Å². The number of unbranched alkanes of at least 4 members (excludes halogenated alkanes) is 10. The molecule has 0 amide bonds. The molecule has 1 aliphatic rings. The number of aliphatic hydroxyl groups is 1. The van der Waals surface area contributed by atoms with E-state index in [1.165, 1.54) is 57.6 Å². The van der Waals surface area contributed by atoms with Crippen LogP contribution in [0.4, 0.5) is 4.39 Å². The largest absolute Gasteiger partial charge is 0.394 e. The smallest absolute Gasteiger partial charge is 0.330 e. The number of halogens is 1. The van der Waals surface area contributed by atoms with Crippen LogP contribution in [0.1, 0.15) is 95.8 Å². The molecule has 0 bridgehead atoms. The standard InChI is InChI=1S/C23H35FN2O4/c1-2-3-4-5-6-7-8-9-10-11-12-13-14-18-16-26(23(29)25-22(18)28)21-15-19(24)20(17-27)30-21/h16,19-21,27H,2-12,15,17H2,1H3,(H,25,28,29)/t19?,20-,21-/m1/s1. The Labute approximate surface area is 177 Å². The maximum absolute atomic E-state index is 13.8. The molecule has 2 rings (SSSR count). The van der Waals surface area contributed by atoms with E-state index in [1.54, 1.807) is 0 Å². The highest BCUT2D eigenvalue weighted by Gasteiger charge is 2.36. The number of aliphatic hydroxyl groups excluding tert-OH is 1. The van der Waals surface area contributed by atoms with Crippen LogP contribution >= 0.6 is 0 Å². The average Bonchev–Trinajstić information content (AvgIpc) is 3.10. The molecule has 3 atom stereocenters. The molecule has 1 aromatic heterocycles. The molecule has 2 N–H and O–H groups in total. The number of rotatable bonds is 12. The van der Waals surface area contributed by atoms with Gasteiger partial charge in [-0.05, 0) is 6.42 Å². The molecule has 6 nitrogen and oxygen atoms in total. The van der Waals surface area contributed by atoms with Crippen molar-refractivity contribution in [3.63, 3.8) is 0 Å². The number of aromatic amines is 1. The van der Waals surface area contributed by atoms with Crippen LogP contribution < -0.4 is 11.2 Å². The average molecular weight is 423 g/mol. The molecule has 1 saturated heterocycles. The number of aromatic nitrogens is 2. The van der Waals surface area contributed by atoms with E-state index in [2.05, 4.69) is 23.7 Å². The first-order chi connectivity index (χ1) is 14.6. The lowest BCUT2D eigenvalue weighted by Gasteiger charge is -2.14. The molecule has 1 fully saturated rings. The van der Waals surface area contributed by atoms with Gasteiger partial charge in [0.15, 0.2) is 0 Å². The van der Waals surface area contributed by atoms with Crippen molar-refractivity contribution in [2.45, 2.75) is 102 Å². The first kappa shape index (κ1) is 24.4. The van der Waals surface area contributed by atoms with E-state index in [-0.39, 0.29) is 12.0 Å². The number of ether oxygens (including phenoxy) is 1. The van der Waals surface area contributed by atoms with Crippen molar-refractivity contribution >= 4 is 0 Å². The minimum atomic E-state index is -1.36. The molecule has 168 valence electrons. The minimum Gasteiger partial charge on any atom is -0.394 e. The third-order valence-corrected chi connectivity index (χ3v) is 5.50. The zero-order chi connectivity index (χ0) is 21.8. The molecule has 2 heterocycles. The van der Waals surface area contributed by atoms with Crippen LogP contribution in [0.25, 0.3) is 0 Å². The zero-order valence-electron chi connectivity index (χ0n) is 18.0. The Morgan fingerprint density at radius 2 is 1.77 bits per heavy atom. The second-order valence-corrected chi connectivity index (χ2v) is 8.01. The van der Waals surface area contributed by atoms with Crippen LogP contribution in [0.15, 0.2) is 15.8 Å². The summed E-state index contributed by atoms with van der Waals surface area (Å²) in [7, 11) is 0. The lowest BCUT2D eigenvalue weighted by molar-refractivity contribution is -0.0356. The lowest BCUT2D eigenvalue weighted by Crippen LogP contribution is -2.33. The number of hydrogen-bond acceptors (Lipinski definition) is 4. The maximum Gasteiger partial charge on any atom is 0.330 e. The molecule has 1 aromatic rings. The first-order valence-electron chi connectivity index (χ1n) is 11.3. The molecule has 0 aromatic carbocycles. The van der Waals surface area contributed by atoms with E-state index >= 15 is 0 Å². The Morgan fingerprint density at radius 1 is 1.13 bits per heavy atom. The molecular weight excluding hydrogens is 387 g/mol. The fourth-order valence-electron chi connectivity index (χ4n) is 3.67. The van der Waals surface area contributed by atoms with E-state index in [1.807, 2.05) is 0 Å². The van der Waals surface area contributed by atoms with E-state index in [4.69, 9.17) is 9.84 Å². The van der Waals surface area contributed by atoms with Gasteiger partial charge in [-0.2, -0.15) is 0 Å². The van der Waals surface area contributed by atoms with Gasteiger partial charge < -0.3 is 9.84 Å². The maximum atomic E-state index is 13.8. The normalized spacial score (nSPS) is 20.8. The summed E-state index contributed by atoms with van der Waals surface area (Å²) < 4.78 is 20.3. The van der Waals surface area contributed by atoms with E-state index < -0.39 is 36.4 Å².